The number of aliphatic hydroxyl groups is 1. The number of fused-ring (bicyclic) bond motifs is 1. The summed E-state index contributed by atoms with van der Waals surface area (Å²) in [5, 5.41) is 14.4. The van der Waals surface area contributed by atoms with Gasteiger partial charge in [-0.25, -0.2) is 0 Å². The number of hydrogen-bond donors (Lipinski definition) is 1. The largest absolute Gasteiger partial charge is 0.485 e. The van der Waals surface area contributed by atoms with Crippen molar-refractivity contribution < 1.29 is 9.84 Å². The molecule has 1 N–H and O–H groups in total. The van der Waals surface area contributed by atoms with Crippen LogP contribution in [0.25, 0.3) is 0 Å². The van der Waals surface area contributed by atoms with Gasteiger partial charge in [-0.2, -0.15) is 5.10 Å². The molecule has 2 heterocycles. The quantitative estimate of drug-likeness (QED) is 0.837. The molecule has 0 aliphatic carbocycles. The van der Waals surface area contributed by atoms with Crippen LogP contribution in [0.1, 0.15) is 35.4 Å². The first-order valence-electron chi connectivity index (χ1n) is 6.09. The van der Waals surface area contributed by atoms with Crippen LogP contribution in [0.4, 0.5) is 0 Å². The highest BCUT2D eigenvalue weighted by Crippen LogP contribution is 2.40. The maximum atomic E-state index is 10.2. The summed E-state index contributed by atoms with van der Waals surface area (Å²) in [6.45, 7) is 2.01. The van der Waals surface area contributed by atoms with Crippen molar-refractivity contribution in [3.8, 4) is 5.75 Å². The van der Waals surface area contributed by atoms with Crippen molar-refractivity contribution in [2.75, 3.05) is 0 Å². The van der Waals surface area contributed by atoms with E-state index in [1.165, 1.54) is 0 Å². The molecule has 0 saturated carbocycles. The van der Waals surface area contributed by atoms with Crippen LogP contribution in [0, 0.1) is 6.92 Å². The summed E-state index contributed by atoms with van der Waals surface area (Å²) in [4.78, 5) is 0. The number of aromatic nitrogens is 2. The smallest absolute Gasteiger partial charge is 0.130 e. The molecule has 1 aliphatic heterocycles. The molecule has 0 bridgehead atoms. The minimum absolute atomic E-state index is 0.122. The maximum absolute atomic E-state index is 10.2. The topological polar surface area (TPSA) is 47.3 Å². The van der Waals surface area contributed by atoms with E-state index < -0.39 is 6.10 Å². The average molecular weight is 244 g/mol. The highest BCUT2D eigenvalue weighted by Gasteiger charge is 2.29. The molecule has 2 atom stereocenters. The molecule has 2 unspecified atom stereocenters. The summed E-state index contributed by atoms with van der Waals surface area (Å²) in [6.07, 6.45) is 1.80. The van der Waals surface area contributed by atoms with Crippen LogP contribution in [0.15, 0.2) is 30.5 Å². The summed E-state index contributed by atoms with van der Waals surface area (Å²) >= 11 is 0. The van der Waals surface area contributed by atoms with Crippen LogP contribution in [-0.4, -0.2) is 14.9 Å². The molecular formula is C14H16N2O2. The van der Waals surface area contributed by atoms with Gasteiger partial charge in [0.2, 0.25) is 0 Å². The first-order valence-corrected chi connectivity index (χ1v) is 6.09. The average Bonchev–Trinajstić information content (AvgIpc) is 2.70. The standard InChI is InChI=1S/C14H16N2O2/c1-9-11(8-15-16(9)2)14-7-12(17)10-5-3-4-6-13(10)18-14/h3-6,8,12,14,17H,7H2,1-2H3. The van der Waals surface area contributed by atoms with Crippen molar-refractivity contribution in [1.82, 2.24) is 9.78 Å². The predicted molar refractivity (Wildman–Crippen MR) is 67.3 cm³/mol. The lowest BCUT2D eigenvalue weighted by Crippen LogP contribution is -2.19. The SMILES string of the molecule is Cc1c(C2CC(O)c3ccccc3O2)cnn1C. The minimum Gasteiger partial charge on any atom is -0.485 e. The molecule has 0 radical (unpaired) electrons. The summed E-state index contributed by atoms with van der Waals surface area (Å²) in [6, 6.07) is 7.65. The normalized spacial score (nSPS) is 22.4. The Kier molecular flexibility index (Phi) is 2.59. The van der Waals surface area contributed by atoms with Crippen molar-refractivity contribution in [1.29, 1.82) is 0 Å². The number of benzene rings is 1. The zero-order valence-corrected chi connectivity index (χ0v) is 10.5. The minimum atomic E-state index is -0.473. The van der Waals surface area contributed by atoms with Crippen molar-refractivity contribution in [3.05, 3.63) is 47.3 Å². The Balaban J connectivity index is 1.97. The molecule has 0 fully saturated rings. The molecule has 1 aromatic heterocycles. The number of aryl methyl sites for hydroxylation is 1. The summed E-state index contributed by atoms with van der Waals surface area (Å²) < 4.78 is 7.79. The molecule has 0 spiro atoms. The number of rotatable bonds is 1. The lowest BCUT2D eigenvalue weighted by atomic mass is 9.95. The number of aliphatic hydroxyl groups excluding tert-OH is 1. The van der Waals surface area contributed by atoms with E-state index in [-0.39, 0.29) is 6.10 Å². The summed E-state index contributed by atoms with van der Waals surface area (Å²) in [5.74, 6) is 0.768. The molecular weight excluding hydrogens is 228 g/mol. The Morgan fingerprint density at radius 1 is 1.33 bits per heavy atom. The third-order valence-electron chi connectivity index (χ3n) is 3.60. The second-order valence-corrected chi connectivity index (χ2v) is 4.70. The molecule has 94 valence electrons. The molecule has 4 nitrogen and oxygen atoms in total. The Bertz CT molecular complexity index is 577. The highest BCUT2D eigenvalue weighted by molar-refractivity contribution is 5.38. The molecule has 0 saturated heterocycles. The fourth-order valence-electron chi connectivity index (χ4n) is 2.42. The lowest BCUT2D eigenvalue weighted by molar-refractivity contribution is 0.0654. The van der Waals surface area contributed by atoms with Gasteiger partial charge in [-0.1, -0.05) is 18.2 Å². The van der Waals surface area contributed by atoms with Gasteiger partial charge >= 0.3 is 0 Å². The van der Waals surface area contributed by atoms with E-state index in [1.807, 2.05) is 49.1 Å². The Morgan fingerprint density at radius 2 is 2.11 bits per heavy atom. The highest BCUT2D eigenvalue weighted by atomic mass is 16.5. The van der Waals surface area contributed by atoms with Gasteiger partial charge < -0.3 is 9.84 Å². The Hall–Kier alpha value is -1.81. The summed E-state index contributed by atoms with van der Waals surface area (Å²) in [5.41, 5.74) is 2.99. The number of para-hydroxylation sites is 1. The monoisotopic (exact) mass is 244 g/mol. The number of ether oxygens (including phenoxy) is 1. The van der Waals surface area contributed by atoms with Gasteiger partial charge in [0.1, 0.15) is 11.9 Å². The molecule has 4 heteroatoms. The van der Waals surface area contributed by atoms with Gasteiger partial charge in [-0.05, 0) is 13.0 Å². The van der Waals surface area contributed by atoms with Gasteiger partial charge in [0.05, 0.1) is 12.3 Å². The van der Waals surface area contributed by atoms with Gasteiger partial charge in [0.15, 0.2) is 0 Å². The van der Waals surface area contributed by atoms with Crippen LogP contribution in [-0.2, 0) is 7.05 Å². The number of hydrogen-bond acceptors (Lipinski definition) is 3. The van der Waals surface area contributed by atoms with E-state index in [1.54, 1.807) is 0 Å². The van der Waals surface area contributed by atoms with Crippen LogP contribution in [0.3, 0.4) is 0 Å². The van der Waals surface area contributed by atoms with E-state index in [0.29, 0.717) is 6.42 Å². The molecule has 1 aliphatic rings. The Morgan fingerprint density at radius 3 is 2.83 bits per heavy atom. The van der Waals surface area contributed by atoms with E-state index in [0.717, 1.165) is 22.6 Å². The Labute approximate surface area is 106 Å². The van der Waals surface area contributed by atoms with Crippen LogP contribution < -0.4 is 4.74 Å². The van der Waals surface area contributed by atoms with E-state index in [4.69, 9.17) is 4.74 Å². The third kappa shape index (κ3) is 1.69. The second kappa shape index (κ2) is 4.14. The van der Waals surface area contributed by atoms with Gasteiger partial charge in [-0.15, -0.1) is 0 Å². The summed E-state index contributed by atoms with van der Waals surface area (Å²) in [7, 11) is 1.91. The maximum Gasteiger partial charge on any atom is 0.130 e. The zero-order chi connectivity index (χ0) is 12.7. The molecule has 0 amide bonds. The fourth-order valence-corrected chi connectivity index (χ4v) is 2.42. The van der Waals surface area contributed by atoms with Crippen molar-refractivity contribution in [2.45, 2.75) is 25.6 Å². The van der Waals surface area contributed by atoms with Crippen molar-refractivity contribution in [2.24, 2.45) is 7.05 Å². The lowest BCUT2D eigenvalue weighted by Gasteiger charge is -2.29. The first kappa shape index (κ1) is 11.3. The van der Waals surface area contributed by atoms with Gasteiger partial charge in [0, 0.05) is 30.3 Å². The predicted octanol–water partition coefficient (Wildman–Crippen LogP) is 2.29. The van der Waals surface area contributed by atoms with E-state index in [9.17, 15) is 5.11 Å². The fraction of sp³-hybridized carbons (Fsp3) is 0.357. The van der Waals surface area contributed by atoms with E-state index in [2.05, 4.69) is 5.10 Å². The molecule has 2 aromatic rings. The molecule has 1 aromatic carbocycles. The third-order valence-corrected chi connectivity index (χ3v) is 3.60. The van der Waals surface area contributed by atoms with Crippen molar-refractivity contribution in [3.63, 3.8) is 0 Å². The van der Waals surface area contributed by atoms with Crippen LogP contribution in [0.5, 0.6) is 5.75 Å². The number of nitrogens with zero attached hydrogens (tertiary/aromatic N) is 2. The zero-order valence-electron chi connectivity index (χ0n) is 10.5. The van der Waals surface area contributed by atoms with Crippen LogP contribution in [0.2, 0.25) is 0 Å². The first-order chi connectivity index (χ1) is 8.66. The van der Waals surface area contributed by atoms with Gasteiger partial charge in [0.25, 0.3) is 0 Å². The van der Waals surface area contributed by atoms with Crippen LogP contribution >= 0.6 is 0 Å². The molecule has 18 heavy (non-hydrogen) atoms. The second-order valence-electron chi connectivity index (χ2n) is 4.70. The molecule has 3 rings (SSSR count). The van der Waals surface area contributed by atoms with E-state index >= 15 is 0 Å². The van der Waals surface area contributed by atoms with Crippen molar-refractivity contribution >= 4 is 0 Å². The van der Waals surface area contributed by atoms with Gasteiger partial charge in [-0.3, -0.25) is 4.68 Å².